The number of piperazine rings is 1. The van der Waals surface area contributed by atoms with Crippen LogP contribution in [0.4, 0.5) is 11.5 Å². The Hall–Kier alpha value is -2.70. The summed E-state index contributed by atoms with van der Waals surface area (Å²) < 4.78 is 0. The molecule has 2 aromatic carbocycles. The largest absolute Gasteiger partial charge is 0.354 e. The van der Waals surface area contributed by atoms with E-state index >= 15 is 0 Å². The number of benzene rings is 2. The Morgan fingerprint density at radius 3 is 2.59 bits per heavy atom. The van der Waals surface area contributed by atoms with Gasteiger partial charge < -0.3 is 15.1 Å². The predicted octanol–water partition coefficient (Wildman–Crippen LogP) is 3.29. The highest BCUT2D eigenvalue weighted by atomic mass is 35.5. The topological polar surface area (TPSA) is 61.4 Å². The third-order valence-corrected chi connectivity index (χ3v) is 4.95. The number of halogens is 1. The van der Waals surface area contributed by atoms with Gasteiger partial charge in [0.05, 0.1) is 0 Å². The molecule has 0 atom stereocenters. The Labute approximate surface area is 162 Å². The van der Waals surface area contributed by atoms with Crippen molar-refractivity contribution in [1.82, 2.24) is 14.9 Å². The molecule has 1 aliphatic heterocycles. The van der Waals surface area contributed by atoms with E-state index in [4.69, 9.17) is 11.6 Å². The highest BCUT2D eigenvalue weighted by molar-refractivity contribution is 6.28. The van der Waals surface area contributed by atoms with Gasteiger partial charge in [-0.2, -0.15) is 0 Å². The molecule has 0 unspecified atom stereocenters. The molecule has 1 aromatic heterocycles. The molecule has 0 radical (unpaired) electrons. The summed E-state index contributed by atoms with van der Waals surface area (Å²) >= 11 is 6.10. The van der Waals surface area contributed by atoms with E-state index in [1.165, 1.54) is 0 Å². The van der Waals surface area contributed by atoms with Crippen molar-refractivity contribution in [3.05, 3.63) is 59.5 Å². The van der Waals surface area contributed by atoms with Gasteiger partial charge in [-0.15, -0.1) is 0 Å². The van der Waals surface area contributed by atoms with Gasteiger partial charge in [0.15, 0.2) is 0 Å². The van der Waals surface area contributed by atoms with Gasteiger partial charge in [0.2, 0.25) is 5.28 Å². The molecule has 1 amide bonds. The quantitative estimate of drug-likeness (QED) is 0.705. The monoisotopic (exact) mass is 381 g/mol. The molecule has 138 valence electrons. The molecule has 7 heteroatoms. The van der Waals surface area contributed by atoms with Crippen LogP contribution in [0, 0.1) is 0 Å². The molecule has 1 N–H and O–H groups in total. The second-order valence-corrected chi connectivity index (χ2v) is 6.99. The number of anilines is 2. The van der Waals surface area contributed by atoms with Gasteiger partial charge in [-0.25, -0.2) is 9.97 Å². The minimum atomic E-state index is -0.300. The van der Waals surface area contributed by atoms with Crippen molar-refractivity contribution in [1.29, 1.82) is 0 Å². The van der Waals surface area contributed by atoms with E-state index in [0.717, 1.165) is 42.6 Å². The Morgan fingerprint density at radius 1 is 1.04 bits per heavy atom. The Morgan fingerprint density at radius 2 is 1.78 bits per heavy atom. The van der Waals surface area contributed by atoms with Gasteiger partial charge in [-0.3, -0.25) is 4.79 Å². The summed E-state index contributed by atoms with van der Waals surface area (Å²) in [6.45, 7) is 3.57. The van der Waals surface area contributed by atoms with E-state index < -0.39 is 0 Å². The molecule has 1 aliphatic rings. The van der Waals surface area contributed by atoms with Crippen molar-refractivity contribution in [2.75, 3.05) is 43.4 Å². The number of rotatable bonds is 3. The lowest BCUT2D eigenvalue weighted by molar-refractivity contribution is 0.102. The van der Waals surface area contributed by atoms with Crippen LogP contribution in [0.15, 0.2) is 48.5 Å². The van der Waals surface area contributed by atoms with E-state index in [0.29, 0.717) is 5.82 Å². The molecule has 0 bridgehead atoms. The van der Waals surface area contributed by atoms with Crippen LogP contribution in [0.2, 0.25) is 5.28 Å². The zero-order valence-corrected chi connectivity index (χ0v) is 15.8. The number of carbonyl (C=O) groups excluding carboxylic acids is 1. The van der Waals surface area contributed by atoms with Gasteiger partial charge in [0.1, 0.15) is 11.5 Å². The molecule has 1 saturated heterocycles. The van der Waals surface area contributed by atoms with Crippen molar-refractivity contribution in [3.8, 4) is 0 Å². The predicted molar refractivity (Wildman–Crippen MR) is 109 cm³/mol. The molecule has 27 heavy (non-hydrogen) atoms. The molecule has 3 aromatic rings. The zero-order chi connectivity index (χ0) is 18.8. The van der Waals surface area contributed by atoms with Crippen LogP contribution in [0.3, 0.4) is 0 Å². The second kappa shape index (κ2) is 7.50. The molecule has 6 nitrogen and oxygen atoms in total. The van der Waals surface area contributed by atoms with Crippen LogP contribution < -0.4 is 10.2 Å². The number of carbonyl (C=O) groups is 1. The summed E-state index contributed by atoms with van der Waals surface area (Å²) in [4.78, 5) is 25.6. The van der Waals surface area contributed by atoms with E-state index in [1.54, 1.807) is 6.07 Å². The van der Waals surface area contributed by atoms with Crippen LogP contribution in [0.1, 0.15) is 10.5 Å². The first kappa shape index (κ1) is 17.7. The fourth-order valence-corrected chi connectivity index (χ4v) is 3.42. The van der Waals surface area contributed by atoms with Crippen LogP contribution >= 0.6 is 11.6 Å². The maximum absolute atomic E-state index is 12.8. The number of nitrogens with zero attached hydrogens (tertiary/aromatic N) is 4. The lowest BCUT2D eigenvalue weighted by Crippen LogP contribution is -2.45. The average molecular weight is 382 g/mol. The van der Waals surface area contributed by atoms with Gasteiger partial charge in [0, 0.05) is 43.3 Å². The van der Waals surface area contributed by atoms with Gasteiger partial charge in [0.25, 0.3) is 5.91 Å². The fourth-order valence-electron chi connectivity index (χ4n) is 3.24. The minimum Gasteiger partial charge on any atom is -0.354 e. The normalized spacial score (nSPS) is 15.1. The summed E-state index contributed by atoms with van der Waals surface area (Å²) in [7, 11) is 2.09. The lowest BCUT2D eigenvalue weighted by Gasteiger charge is -2.33. The van der Waals surface area contributed by atoms with E-state index in [9.17, 15) is 4.79 Å². The standard InChI is InChI=1S/C20H20ClN5O/c1-25-9-11-26(12-10-25)18-13-17(23-20(21)24-18)19(27)22-16-8-4-6-14-5-2-3-7-15(14)16/h2-8,13H,9-12H2,1H3,(H,22,27). The molecule has 0 spiro atoms. The van der Waals surface area contributed by atoms with Crippen molar-refractivity contribution >= 4 is 39.8 Å². The number of hydrogen-bond donors (Lipinski definition) is 1. The summed E-state index contributed by atoms with van der Waals surface area (Å²) in [5.41, 5.74) is 1.01. The third kappa shape index (κ3) is 3.86. The molecule has 0 aliphatic carbocycles. The van der Waals surface area contributed by atoms with Crippen molar-refractivity contribution < 1.29 is 4.79 Å². The van der Waals surface area contributed by atoms with Crippen molar-refractivity contribution in [2.45, 2.75) is 0 Å². The maximum atomic E-state index is 12.8. The average Bonchev–Trinajstić information content (AvgIpc) is 2.68. The van der Waals surface area contributed by atoms with E-state index in [2.05, 4.69) is 32.1 Å². The smallest absolute Gasteiger partial charge is 0.274 e. The third-order valence-electron chi connectivity index (χ3n) is 4.78. The van der Waals surface area contributed by atoms with Crippen LogP contribution in [0.5, 0.6) is 0 Å². The van der Waals surface area contributed by atoms with E-state index in [-0.39, 0.29) is 16.9 Å². The summed E-state index contributed by atoms with van der Waals surface area (Å²) in [6.07, 6.45) is 0. The van der Waals surface area contributed by atoms with E-state index in [1.807, 2.05) is 42.5 Å². The molecule has 1 fully saturated rings. The van der Waals surface area contributed by atoms with Gasteiger partial charge in [-0.1, -0.05) is 36.4 Å². The fraction of sp³-hybridized carbons (Fsp3) is 0.250. The van der Waals surface area contributed by atoms with Gasteiger partial charge in [-0.05, 0) is 30.1 Å². The first-order valence-electron chi connectivity index (χ1n) is 8.87. The van der Waals surface area contributed by atoms with Crippen molar-refractivity contribution in [3.63, 3.8) is 0 Å². The number of likely N-dealkylation sites (N-methyl/N-ethyl adjacent to an activating group) is 1. The molecular formula is C20H20ClN5O. The first-order valence-corrected chi connectivity index (χ1v) is 9.25. The number of hydrogen-bond acceptors (Lipinski definition) is 5. The summed E-state index contributed by atoms with van der Waals surface area (Å²) in [5, 5.41) is 5.07. The molecule has 2 heterocycles. The first-order chi connectivity index (χ1) is 13.1. The van der Waals surface area contributed by atoms with Crippen molar-refractivity contribution in [2.24, 2.45) is 0 Å². The number of fused-ring (bicyclic) bond motifs is 1. The SMILES string of the molecule is CN1CCN(c2cc(C(=O)Nc3cccc4ccccc34)nc(Cl)n2)CC1. The lowest BCUT2D eigenvalue weighted by atomic mass is 10.1. The highest BCUT2D eigenvalue weighted by Gasteiger charge is 2.19. The second-order valence-electron chi connectivity index (χ2n) is 6.65. The number of amides is 1. The number of nitrogens with one attached hydrogen (secondary N) is 1. The van der Waals surface area contributed by atoms with Crippen LogP contribution in [-0.2, 0) is 0 Å². The van der Waals surface area contributed by atoms with Crippen LogP contribution in [-0.4, -0.2) is 54.0 Å². The van der Waals surface area contributed by atoms with Crippen LogP contribution in [0.25, 0.3) is 10.8 Å². The zero-order valence-electron chi connectivity index (χ0n) is 15.0. The summed E-state index contributed by atoms with van der Waals surface area (Å²) in [5.74, 6) is 0.386. The highest BCUT2D eigenvalue weighted by Crippen LogP contribution is 2.24. The number of aromatic nitrogens is 2. The summed E-state index contributed by atoms with van der Waals surface area (Å²) in [6, 6.07) is 15.4. The Balaban J connectivity index is 1.60. The molecule has 0 saturated carbocycles. The minimum absolute atomic E-state index is 0.0782. The Bertz CT molecular complexity index is 980. The maximum Gasteiger partial charge on any atom is 0.274 e. The Kier molecular flexibility index (Phi) is 4.92. The molecular weight excluding hydrogens is 362 g/mol. The molecule has 4 rings (SSSR count). The van der Waals surface area contributed by atoms with Gasteiger partial charge >= 0.3 is 0 Å².